The third-order valence-electron chi connectivity index (χ3n) is 3.80. The predicted octanol–water partition coefficient (Wildman–Crippen LogP) is 1.75. The number of methoxy groups -OCH3 is 1. The van der Waals surface area contributed by atoms with Gasteiger partial charge in [0.1, 0.15) is 10.3 Å². The molecule has 1 amide bonds. The maximum Gasteiger partial charge on any atom is 0.318 e. The maximum atomic E-state index is 12.1. The van der Waals surface area contributed by atoms with E-state index in [1.165, 1.54) is 18.9 Å². The molecule has 3 aromatic rings. The van der Waals surface area contributed by atoms with Crippen LogP contribution in [0.1, 0.15) is 23.1 Å². The highest BCUT2D eigenvalue weighted by atomic mass is 32.2. The molecule has 0 aliphatic rings. The molecule has 0 aliphatic heterocycles. The summed E-state index contributed by atoms with van der Waals surface area (Å²) in [7, 11) is 1.36. The van der Waals surface area contributed by atoms with Crippen LogP contribution in [0.25, 0.3) is 5.65 Å². The van der Waals surface area contributed by atoms with E-state index < -0.39 is 0 Å². The van der Waals surface area contributed by atoms with E-state index in [1.54, 1.807) is 35.7 Å². The van der Waals surface area contributed by atoms with Crippen LogP contribution in [-0.2, 0) is 16.0 Å². The van der Waals surface area contributed by atoms with Gasteiger partial charge in [-0.1, -0.05) is 30.0 Å². The first-order chi connectivity index (χ1) is 13.1. The SMILES string of the molecule is COC(=O)C(C)Sc1ccc2nnc(CCNC(=O)c3ccccc3)n2n1. The molecule has 0 saturated carbocycles. The van der Waals surface area contributed by atoms with E-state index in [0.717, 1.165) is 0 Å². The molecule has 3 rings (SSSR count). The van der Waals surface area contributed by atoms with Crippen molar-refractivity contribution >= 4 is 29.3 Å². The van der Waals surface area contributed by atoms with Crippen LogP contribution in [0, 0.1) is 0 Å². The summed E-state index contributed by atoms with van der Waals surface area (Å²) in [4.78, 5) is 23.7. The quantitative estimate of drug-likeness (QED) is 0.489. The molecule has 0 saturated heterocycles. The molecule has 9 heteroatoms. The highest BCUT2D eigenvalue weighted by Gasteiger charge is 2.16. The summed E-state index contributed by atoms with van der Waals surface area (Å²) in [5, 5.41) is 15.8. The predicted molar refractivity (Wildman–Crippen MR) is 101 cm³/mol. The Kier molecular flexibility index (Phi) is 6.02. The topological polar surface area (TPSA) is 98.5 Å². The van der Waals surface area contributed by atoms with Gasteiger partial charge in [-0.25, -0.2) is 0 Å². The second-order valence-electron chi connectivity index (χ2n) is 5.71. The molecule has 1 N–H and O–H groups in total. The Hall–Kier alpha value is -2.94. The van der Waals surface area contributed by atoms with Gasteiger partial charge in [0, 0.05) is 18.5 Å². The van der Waals surface area contributed by atoms with Crippen LogP contribution < -0.4 is 5.32 Å². The van der Waals surface area contributed by atoms with Gasteiger partial charge >= 0.3 is 5.97 Å². The van der Waals surface area contributed by atoms with E-state index in [2.05, 4.69) is 20.6 Å². The van der Waals surface area contributed by atoms with Crippen molar-refractivity contribution in [1.29, 1.82) is 0 Å². The molecule has 0 fully saturated rings. The summed E-state index contributed by atoms with van der Waals surface area (Å²) < 4.78 is 6.36. The first-order valence-corrected chi connectivity index (χ1v) is 9.25. The first-order valence-electron chi connectivity index (χ1n) is 8.37. The number of rotatable bonds is 7. The summed E-state index contributed by atoms with van der Waals surface area (Å²) >= 11 is 1.30. The maximum absolute atomic E-state index is 12.1. The number of nitrogens with zero attached hydrogens (tertiary/aromatic N) is 4. The average Bonchev–Trinajstić information content (AvgIpc) is 3.10. The minimum atomic E-state index is -0.370. The minimum Gasteiger partial charge on any atom is -0.468 e. The third kappa shape index (κ3) is 4.62. The van der Waals surface area contributed by atoms with E-state index >= 15 is 0 Å². The summed E-state index contributed by atoms with van der Waals surface area (Å²) in [6.45, 7) is 2.17. The van der Waals surface area contributed by atoms with E-state index in [1.807, 2.05) is 18.2 Å². The second kappa shape index (κ2) is 8.63. The van der Waals surface area contributed by atoms with Crippen LogP contribution in [0.4, 0.5) is 0 Å². The molecular weight excluding hydrogens is 366 g/mol. The van der Waals surface area contributed by atoms with Gasteiger partial charge in [0.25, 0.3) is 5.91 Å². The van der Waals surface area contributed by atoms with Gasteiger partial charge in [-0.05, 0) is 31.2 Å². The zero-order valence-electron chi connectivity index (χ0n) is 15.0. The number of benzene rings is 1. The Balaban J connectivity index is 1.65. The summed E-state index contributed by atoms with van der Waals surface area (Å²) in [6, 6.07) is 12.6. The highest BCUT2D eigenvalue weighted by Crippen LogP contribution is 2.22. The zero-order chi connectivity index (χ0) is 19.2. The van der Waals surface area contributed by atoms with Crippen LogP contribution in [0.15, 0.2) is 47.5 Å². The standard InChI is InChI=1S/C18H19N5O3S/c1-12(18(25)26-2)27-16-9-8-14-20-21-15(23(14)22-16)10-11-19-17(24)13-6-4-3-5-7-13/h3-9,12H,10-11H2,1-2H3,(H,19,24). The highest BCUT2D eigenvalue weighted by molar-refractivity contribution is 8.00. The molecule has 0 bridgehead atoms. The van der Waals surface area contributed by atoms with E-state index in [0.29, 0.717) is 35.0 Å². The van der Waals surface area contributed by atoms with Gasteiger partial charge in [-0.3, -0.25) is 9.59 Å². The molecule has 0 radical (unpaired) electrons. The van der Waals surface area contributed by atoms with E-state index in [4.69, 9.17) is 4.74 Å². The van der Waals surface area contributed by atoms with E-state index in [9.17, 15) is 9.59 Å². The van der Waals surface area contributed by atoms with Gasteiger partial charge in [-0.2, -0.15) is 9.61 Å². The monoisotopic (exact) mass is 385 g/mol. The van der Waals surface area contributed by atoms with Crippen LogP contribution in [-0.4, -0.2) is 50.6 Å². The zero-order valence-corrected chi connectivity index (χ0v) is 15.8. The van der Waals surface area contributed by atoms with E-state index in [-0.39, 0.29) is 17.1 Å². The van der Waals surface area contributed by atoms with Crippen molar-refractivity contribution in [3.8, 4) is 0 Å². The molecule has 27 heavy (non-hydrogen) atoms. The Bertz CT molecular complexity index is 945. The number of nitrogens with one attached hydrogen (secondary N) is 1. The molecule has 2 heterocycles. The lowest BCUT2D eigenvalue weighted by molar-refractivity contribution is -0.139. The lowest BCUT2D eigenvalue weighted by Gasteiger charge is -2.08. The van der Waals surface area contributed by atoms with Gasteiger partial charge in [0.05, 0.1) is 7.11 Å². The molecule has 2 aromatic heterocycles. The molecule has 140 valence electrons. The van der Waals surface area contributed by atoms with Gasteiger partial charge < -0.3 is 10.1 Å². The van der Waals surface area contributed by atoms with Crippen molar-refractivity contribution < 1.29 is 14.3 Å². The molecule has 0 spiro atoms. The number of carbonyl (C=O) groups excluding carboxylic acids is 2. The van der Waals surface area contributed by atoms with Gasteiger partial charge in [0.15, 0.2) is 11.5 Å². The van der Waals surface area contributed by atoms with Crippen LogP contribution in [0.3, 0.4) is 0 Å². The van der Waals surface area contributed by atoms with Crippen LogP contribution >= 0.6 is 11.8 Å². The number of hydrogen-bond donors (Lipinski definition) is 1. The molecule has 1 unspecified atom stereocenters. The minimum absolute atomic E-state index is 0.138. The Morgan fingerprint density at radius 3 is 2.70 bits per heavy atom. The van der Waals surface area contributed by atoms with Crippen LogP contribution in [0.2, 0.25) is 0 Å². The summed E-state index contributed by atoms with van der Waals surface area (Å²) in [5.41, 5.74) is 1.21. The molecule has 1 atom stereocenters. The summed E-state index contributed by atoms with van der Waals surface area (Å²) in [6.07, 6.45) is 0.480. The largest absolute Gasteiger partial charge is 0.468 e. The number of hydrogen-bond acceptors (Lipinski definition) is 7. The van der Waals surface area contributed by atoms with Crippen molar-refractivity contribution in [3.05, 3.63) is 53.9 Å². The molecule has 1 aromatic carbocycles. The second-order valence-corrected chi connectivity index (χ2v) is 7.07. The first kappa shape index (κ1) is 18.8. The number of amides is 1. The number of ether oxygens (including phenoxy) is 1. The summed E-state index contributed by atoms with van der Waals surface area (Å²) in [5.74, 6) is 0.182. The van der Waals surface area contributed by atoms with Crippen molar-refractivity contribution in [2.24, 2.45) is 0 Å². The Morgan fingerprint density at radius 1 is 1.19 bits per heavy atom. The fraction of sp³-hybridized carbons (Fsp3) is 0.278. The fourth-order valence-corrected chi connectivity index (χ4v) is 3.24. The Labute approximate surface area is 160 Å². The van der Waals surface area contributed by atoms with Gasteiger partial charge in [-0.15, -0.1) is 10.2 Å². The number of aromatic nitrogens is 4. The van der Waals surface area contributed by atoms with Crippen molar-refractivity contribution in [3.63, 3.8) is 0 Å². The van der Waals surface area contributed by atoms with Crippen molar-refractivity contribution in [2.45, 2.75) is 23.6 Å². The third-order valence-corrected chi connectivity index (χ3v) is 4.81. The lowest BCUT2D eigenvalue weighted by atomic mass is 10.2. The number of esters is 1. The molecule has 0 aliphatic carbocycles. The van der Waals surface area contributed by atoms with Gasteiger partial charge in [0.2, 0.25) is 0 Å². The van der Waals surface area contributed by atoms with Crippen molar-refractivity contribution in [2.75, 3.05) is 13.7 Å². The number of thioether (sulfide) groups is 1. The lowest BCUT2D eigenvalue weighted by Crippen LogP contribution is -2.26. The Morgan fingerprint density at radius 2 is 1.96 bits per heavy atom. The average molecular weight is 385 g/mol. The smallest absolute Gasteiger partial charge is 0.318 e. The molecule has 8 nitrogen and oxygen atoms in total. The van der Waals surface area contributed by atoms with Crippen LogP contribution in [0.5, 0.6) is 0 Å². The fourth-order valence-electron chi connectivity index (χ4n) is 2.41. The normalized spacial score (nSPS) is 11.9. The number of carbonyl (C=O) groups is 2. The van der Waals surface area contributed by atoms with Crippen molar-refractivity contribution in [1.82, 2.24) is 25.1 Å². The molecular formula is C18H19N5O3S. The number of fused-ring (bicyclic) bond motifs is 1.